The molecule has 2 amide bonds. The lowest BCUT2D eigenvalue weighted by molar-refractivity contribution is -0.138. The van der Waals surface area contributed by atoms with Gasteiger partial charge in [-0.1, -0.05) is 90.6 Å². The molecule has 0 aromatic heterocycles. The number of nitrogens with one attached hydrogen (secondary N) is 3. The molecular weight excluding hydrogens is 1010 g/mol. The molecule has 6 N–H and O–H groups in total. The number of rotatable bonds is 16. The molecule has 13 nitrogen and oxygen atoms in total. The van der Waals surface area contributed by atoms with E-state index in [0.29, 0.717) is 72.7 Å². The number of aliphatic hydroxyl groups is 3. The number of ether oxygens (including phenoxy) is 2. The number of hydrogen-bond acceptors (Lipinski definition) is 14. The van der Waals surface area contributed by atoms with Gasteiger partial charge in [0.15, 0.2) is 0 Å². The number of aliphatic hydroxyl groups excluding tert-OH is 3. The van der Waals surface area contributed by atoms with Crippen molar-refractivity contribution in [2.24, 2.45) is 64.1 Å². The summed E-state index contributed by atoms with van der Waals surface area (Å²) in [6.07, 6.45) is 26.2. The molecule has 7 bridgehead atoms. The van der Waals surface area contributed by atoms with Gasteiger partial charge in [0.2, 0.25) is 0 Å². The number of carbonyl (C=O) groups excluding carboxylic acids is 4. The lowest BCUT2D eigenvalue weighted by atomic mass is 9.43. The van der Waals surface area contributed by atoms with Crippen molar-refractivity contribution in [1.82, 2.24) is 20.9 Å². The van der Waals surface area contributed by atoms with E-state index in [0.717, 1.165) is 112 Å². The number of amides is 2. The Hall–Kier alpha value is -4.38. The minimum atomic E-state index is -0.971. The maximum atomic E-state index is 15.4. The van der Waals surface area contributed by atoms with Gasteiger partial charge in [-0.3, -0.25) is 14.5 Å². The Kier molecular flexibility index (Phi) is 16.6. The molecule has 4 fully saturated rings. The number of nitrogens with zero attached hydrogens (tertiary/aromatic N) is 1. The Balaban J connectivity index is 0.981. The molecule has 11 aliphatic rings. The highest BCUT2D eigenvalue weighted by atomic mass is 33.1. The summed E-state index contributed by atoms with van der Waals surface area (Å²) in [6.45, 7) is 5.24. The zero-order valence-electron chi connectivity index (χ0n) is 45.0. The van der Waals surface area contributed by atoms with Crippen molar-refractivity contribution in [3.63, 3.8) is 0 Å². The average Bonchev–Trinajstić information content (AvgIpc) is 4.36. The molecule has 5 aliphatic heterocycles. The van der Waals surface area contributed by atoms with Crippen LogP contribution in [0.3, 0.4) is 0 Å². The van der Waals surface area contributed by atoms with Gasteiger partial charge < -0.3 is 40.7 Å². The number of esters is 2. The Morgan fingerprint density at radius 3 is 2.39 bits per heavy atom. The van der Waals surface area contributed by atoms with Gasteiger partial charge in [0.25, 0.3) is 11.8 Å². The number of fused-ring (bicyclic) bond motifs is 2. The van der Waals surface area contributed by atoms with Gasteiger partial charge in [-0.05, 0) is 172 Å². The van der Waals surface area contributed by atoms with Crippen molar-refractivity contribution in [3.05, 3.63) is 118 Å². The summed E-state index contributed by atoms with van der Waals surface area (Å²) < 4.78 is 13.3. The predicted octanol–water partition coefficient (Wildman–Crippen LogP) is 9.07. The molecule has 10 atom stereocenters. The van der Waals surface area contributed by atoms with Gasteiger partial charge in [0, 0.05) is 68.0 Å². The first-order chi connectivity index (χ1) is 37.4. The van der Waals surface area contributed by atoms with E-state index in [9.17, 15) is 29.7 Å². The second-order valence-corrected chi connectivity index (χ2v) is 26.8. The van der Waals surface area contributed by atoms with Crippen LogP contribution in [-0.2, 0) is 35.1 Å². The molecule has 1 spiro atoms. The van der Waals surface area contributed by atoms with E-state index in [1.54, 1.807) is 21.6 Å². The zero-order chi connectivity index (χ0) is 53.4. The maximum absolute atomic E-state index is 15.4. The topological polar surface area (TPSA) is 187 Å². The highest BCUT2D eigenvalue weighted by Crippen LogP contribution is 2.72. The molecule has 0 radical (unpaired) electrons. The van der Waals surface area contributed by atoms with E-state index in [4.69, 9.17) is 9.47 Å². The van der Waals surface area contributed by atoms with Crippen molar-refractivity contribution in [2.75, 3.05) is 38.7 Å². The smallest absolute Gasteiger partial charge is 0.340 e. The van der Waals surface area contributed by atoms with Crippen molar-refractivity contribution in [2.45, 2.75) is 134 Å². The Bertz CT molecular complexity index is 2640. The SMILES string of the molecule is CCC1(/C=C2\OC(=O)C3=C2CC[C@H]2[C@@H]4CC[C@@]5(C6=C4[C@@H](CN4C(=O)C=CC4=O)C4=CCNC(=C4)NCSS[C@@H](NC[C@H](C)O)[C@H](C4CCC(C[C@H](CO)C[C@H](CO)Cc7ccccc7)CC4)C/C=C/5OC6=O)[C@@H]32)CCCC1. The van der Waals surface area contributed by atoms with Crippen LogP contribution in [0.2, 0.25) is 0 Å². The summed E-state index contributed by atoms with van der Waals surface area (Å²) in [6, 6.07) is 10.3. The lowest BCUT2D eigenvalue weighted by Crippen LogP contribution is -2.54. The second-order valence-electron chi connectivity index (χ2n) is 24.3. The first-order valence-corrected chi connectivity index (χ1v) is 31.5. The number of benzene rings is 1. The third-order valence-electron chi connectivity index (χ3n) is 19.9. The fraction of sp³-hybridized carbons (Fsp3) is 0.613. The summed E-state index contributed by atoms with van der Waals surface area (Å²) in [7, 11) is 3.49. The highest BCUT2D eigenvalue weighted by molar-refractivity contribution is 8.76. The van der Waals surface area contributed by atoms with E-state index >= 15 is 4.79 Å². The van der Waals surface area contributed by atoms with E-state index in [1.165, 1.54) is 22.6 Å². The molecule has 6 aliphatic carbocycles. The largest absolute Gasteiger partial charge is 0.427 e. The number of carbonyl (C=O) groups is 4. The predicted molar refractivity (Wildman–Crippen MR) is 299 cm³/mol. The quantitative estimate of drug-likeness (QED) is 0.0523. The summed E-state index contributed by atoms with van der Waals surface area (Å²) in [5.74, 6) is 1.33. The molecule has 5 heterocycles. The highest BCUT2D eigenvalue weighted by Gasteiger charge is 2.69. The van der Waals surface area contributed by atoms with Crippen LogP contribution in [0, 0.1) is 64.1 Å². The van der Waals surface area contributed by atoms with Gasteiger partial charge in [0.1, 0.15) is 11.5 Å². The van der Waals surface area contributed by atoms with Gasteiger partial charge in [-0.25, -0.2) is 9.59 Å². The molecule has 77 heavy (non-hydrogen) atoms. The fourth-order valence-corrected chi connectivity index (χ4v) is 18.7. The number of imide groups is 1. The van der Waals surface area contributed by atoms with Gasteiger partial charge >= 0.3 is 11.9 Å². The van der Waals surface area contributed by atoms with Gasteiger partial charge in [-0.15, -0.1) is 0 Å². The van der Waals surface area contributed by atoms with Crippen LogP contribution in [0.1, 0.15) is 122 Å². The molecule has 1 aromatic rings. The van der Waals surface area contributed by atoms with Crippen LogP contribution in [0.25, 0.3) is 0 Å². The Morgan fingerprint density at radius 2 is 1.66 bits per heavy atom. The summed E-state index contributed by atoms with van der Waals surface area (Å²) in [4.78, 5) is 58.6. The molecular formula is C62H80N4O9S2. The monoisotopic (exact) mass is 1090 g/mol. The first kappa shape index (κ1) is 54.6. The van der Waals surface area contributed by atoms with Crippen LogP contribution in [0.5, 0.6) is 0 Å². The van der Waals surface area contributed by atoms with Crippen molar-refractivity contribution >= 4 is 45.3 Å². The summed E-state index contributed by atoms with van der Waals surface area (Å²) in [5, 5.41) is 42.8. The molecule has 1 saturated heterocycles. The minimum absolute atomic E-state index is 0.0116. The Morgan fingerprint density at radius 1 is 0.896 bits per heavy atom. The van der Waals surface area contributed by atoms with E-state index in [-0.39, 0.29) is 83.8 Å². The molecule has 0 unspecified atom stereocenters. The molecule has 3 saturated carbocycles. The Labute approximate surface area is 462 Å². The number of allylic oxidation sites excluding steroid dienone is 5. The lowest BCUT2D eigenvalue weighted by Gasteiger charge is -2.57. The fourth-order valence-electron chi connectivity index (χ4n) is 16.2. The number of hydrogen-bond donors (Lipinski definition) is 6. The van der Waals surface area contributed by atoms with Crippen LogP contribution >= 0.6 is 21.6 Å². The minimum Gasteiger partial charge on any atom is -0.427 e. The van der Waals surface area contributed by atoms with Gasteiger partial charge in [-0.2, -0.15) is 0 Å². The van der Waals surface area contributed by atoms with Crippen LogP contribution in [-0.4, -0.2) is 94.2 Å². The third kappa shape index (κ3) is 10.8. The average molecular weight is 1090 g/mol. The summed E-state index contributed by atoms with van der Waals surface area (Å²) in [5.41, 5.74) is 4.39. The van der Waals surface area contributed by atoms with E-state index < -0.39 is 23.4 Å². The molecule has 15 heteroatoms. The first-order valence-electron chi connectivity index (χ1n) is 29.2. The van der Waals surface area contributed by atoms with Crippen molar-refractivity contribution < 1.29 is 44.0 Å². The molecule has 414 valence electrons. The molecule has 1 aromatic carbocycles. The zero-order valence-corrected chi connectivity index (χ0v) is 46.7. The van der Waals surface area contributed by atoms with Crippen LogP contribution in [0.15, 0.2) is 112 Å². The van der Waals surface area contributed by atoms with Gasteiger partial charge in [0.05, 0.1) is 34.2 Å². The van der Waals surface area contributed by atoms with E-state index in [2.05, 4.69) is 59.3 Å². The van der Waals surface area contributed by atoms with Crippen molar-refractivity contribution in [1.29, 1.82) is 0 Å². The van der Waals surface area contributed by atoms with Crippen molar-refractivity contribution in [3.8, 4) is 0 Å². The standard InChI is InChI=1S/C62H80N4O9S2/c1-3-61(23-7-8-24-61)31-49-47-16-15-46-45-21-25-62(56(46)55(47)59(72)74-49)50-18-17-44(42-13-11-39(12-14-42)28-41(35-68)29-40(34-67)27-38-9-5-4-6-10-38)58(64-32-37(2)69)77-76-36-65-51-30-43(22-26-63-51)48(54(45)57(62)60(73)75-50)33-66-52(70)19-20-53(66)71/h4-6,9-10,18-20,22,30-31,37,39-42,44-46,48,56,58,63-65,67-69H,3,7-8,11-17,21,23-29,32-36H2,1-2H3/b49-31-,50-18-/t37-,39?,40+,41-,42?,44-,45-,46-,48-,56+,58+,62-/m0/s1. The number of dihydropyridines is 1. The third-order valence-corrected chi connectivity index (χ3v) is 22.4. The van der Waals surface area contributed by atoms with Crippen LogP contribution < -0.4 is 16.0 Å². The van der Waals surface area contributed by atoms with E-state index in [1.807, 2.05) is 25.1 Å². The normalized spacial score (nSPS) is 34.1. The maximum Gasteiger partial charge on any atom is 0.340 e. The number of cyclic esters (lactones) is 1. The summed E-state index contributed by atoms with van der Waals surface area (Å²) >= 11 is 0. The second kappa shape index (κ2) is 23.4. The molecule has 12 rings (SSSR count). The van der Waals surface area contributed by atoms with Crippen LogP contribution in [0.4, 0.5) is 0 Å².